The van der Waals surface area contributed by atoms with Gasteiger partial charge in [-0.05, 0) is 63.4 Å². The molecule has 1 unspecified atom stereocenters. The molecule has 2 saturated heterocycles. The van der Waals surface area contributed by atoms with Crippen LogP contribution < -0.4 is 15.4 Å². The molecule has 2 aliphatic rings. The van der Waals surface area contributed by atoms with Crippen molar-refractivity contribution in [2.45, 2.75) is 33.1 Å². The highest BCUT2D eigenvalue weighted by molar-refractivity contribution is 5.99. The van der Waals surface area contributed by atoms with E-state index in [4.69, 9.17) is 4.74 Å². The zero-order chi connectivity index (χ0) is 18.5. The van der Waals surface area contributed by atoms with Crippen LogP contribution in [-0.2, 0) is 4.79 Å². The number of benzene rings is 1. The Morgan fingerprint density at radius 2 is 2.00 bits per heavy atom. The number of anilines is 1. The average molecular weight is 359 g/mol. The van der Waals surface area contributed by atoms with Gasteiger partial charge in [-0.1, -0.05) is 6.92 Å². The first kappa shape index (κ1) is 18.7. The molecule has 2 amide bonds. The van der Waals surface area contributed by atoms with Crippen LogP contribution in [0.25, 0.3) is 0 Å². The molecule has 142 valence electrons. The second-order valence-corrected chi connectivity index (χ2v) is 7.19. The first-order valence-electron chi connectivity index (χ1n) is 9.68. The topological polar surface area (TPSA) is 70.7 Å². The van der Waals surface area contributed by atoms with Crippen molar-refractivity contribution in [3.8, 4) is 5.75 Å². The van der Waals surface area contributed by atoms with Crippen LogP contribution in [-0.4, -0.2) is 49.5 Å². The number of hydrogen-bond donors (Lipinski definition) is 2. The SMILES string of the molecule is CCOc1ccc(C(=O)N2CCCCC2)cc1NC(=O)C(C)C1CNC1. The maximum Gasteiger partial charge on any atom is 0.253 e. The van der Waals surface area contributed by atoms with Crippen LogP contribution in [0.3, 0.4) is 0 Å². The van der Waals surface area contributed by atoms with E-state index in [0.29, 0.717) is 29.5 Å². The molecular weight excluding hydrogens is 330 g/mol. The van der Waals surface area contributed by atoms with Crippen LogP contribution in [0.2, 0.25) is 0 Å². The normalized spacial score (nSPS) is 18.8. The molecule has 2 heterocycles. The maximum absolute atomic E-state index is 12.8. The summed E-state index contributed by atoms with van der Waals surface area (Å²) < 4.78 is 5.65. The van der Waals surface area contributed by atoms with Gasteiger partial charge in [0.1, 0.15) is 5.75 Å². The molecule has 0 spiro atoms. The van der Waals surface area contributed by atoms with Gasteiger partial charge < -0.3 is 20.3 Å². The molecule has 26 heavy (non-hydrogen) atoms. The standard InChI is InChI=1S/C20H29N3O3/c1-3-26-18-8-7-15(20(25)23-9-5-4-6-10-23)11-17(18)22-19(24)14(2)16-12-21-13-16/h7-8,11,14,16,21H,3-6,9-10,12-13H2,1-2H3,(H,22,24). The predicted molar refractivity (Wildman–Crippen MR) is 102 cm³/mol. The summed E-state index contributed by atoms with van der Waals surface area (Å²) in [5.74, 6) is 0.894. The zero-order valence-corrected chi connectivity index (χ0v) is 15.7. The van der Waals surface area contributed by atoms with E-state index in [-0.39, 0.29) is 17.7 Å². The predicted octanol–water partition coefficient (Wildman–Crippen LogP) is 2.51. The fraction of sp³-hybridized carbons (Fsp3) is 0.600. The number of likely N-dealkylation sites (tertiary alicyclic amines) is 1. The van der Waals surface area contributed by atoms with E-state index < -0.39 is 0 Å². The van der Waals surface area contributed by atoms with Crippen molar-refractivity contribution >= 4 is 17.5 Å². The molecule has 2 aliphatic heterocycles. The number of ether oxygens (including phenoxy) is 1. The van der Waals surface area contributed by atoms with Gasteiger partial charge in [0, 0.05) is 24.6 Å². The van der Waals surface area contributed by atoms with Gasteiger partial charge in [0.2, 0.25) is 5.91 Å². The Hall–Kier alpha value is -2.08. The second-order valence-electron chi connectivity index (χ2n) is 7.19. The van der Waals surface area contributed by atoms with Gasteiger partial charge in [0.05, 0.1) is 12.3 Å². The summed E-state index contributed by atoms with van der Waals surface area (Å²) in [4.78, 5) is 27.3. The lowest BCUT2D eigenvalue weighted by molar-refractivity contribution is -0.121. The molecule has 1 aromatic rings. The highest BCUT2D eigenvalue weighted by Crippen LogP contribution is 2.28. The Labute approximate surface area is 155 Å². The van der Waals surface area contributed by atoms with Crippen molar-refractivity contribution in [1.29, 1.82) is 0 Å². The largest absolute Gasteiger partial charge is 0.492 e. The Balaban J connectivity index is 1.76. The van der Waals surface area contributed by atoms with Crippen LogP contribution in [0.4, 0.5) is 5.69 Å². The zero-order valence-electron chi connectivity index (χ0n) is 15.7. The van der Waals surface area contributed by atoms with E-state index in [2.05, 4.69) is 10.6 Å². The molecule has 3 rings (SSSR count). The van der Waals surface area contributed by atoms with E-state index in [1.807, 2.05) is 18.7 Å². The van der Waals surface area contributed by atoms with E-state index >= 15 is 0 Å². The lowest BCUT2D eigenvalue weighted by Gasteiger charge is -2.32. The number of piperidine rings is 1. The van der Waals surface area contributed by atoms with Crippen LogP contribution in [0.1, 0.15) is 43.5 Å². The molecule has 2 N–H and O–H groups in total. The van der Waals surface area contributed by atoms with Crippen molar-refractivity contribution in [3.63, 3.8) is 0 Å². The quantitative estimate of drug-likeness (QED) is 0.819. The maximum atomic E-state index is 12.8. The highest BCUT2D eigenvalue weighted by atomic mass is 16.5. The Morgan fingerprint density at radius 1 is 1.27 bits per heavy atom. The molecule has 2 fully saturated rings. The lowest BCUT2D eigenvalue weighted by Crippen LogP contribution is -2.48. The van der Waals surface area contributed by atoms with Crippen molar-refractivity contribution in [1.82, 2.24) is 10.2 Å². The summed E-state index contributed by atoms with van der Waals surface area (Å²) in [6.07, 6.45) is 3.29. The molecule has 6 heteroatoms. The minimum Gasteiger partial charge on any atom is -0.492 e. The van der Waals surface area contributed by atoms with Crippen LogP contribution in [0.5, 0.6) is 5.75 Å². The monoisotopic (exact) mass is 359 g/mol. The van der Waals surface area contributed by atoms with Gasteiger partial charge in [0.15, 0.2) is 0 Å². The summed E-state index contributed by atoms with van der Waals surface area (Å²) in [6.45, 7) is 7.72. The number of carbonyl (C=O) groups excluding carboxylic acids is 2. The lowest BCUT2D eigenvalue weighted by atomic mass is 9.88. The number of amides is 2. The van der Waals surface area contributed by atoms with E-state index in [1.54, 1.807) is 18.2 Å². The van der Waals surface area contributed by atoms with Crippen molar-refractivity contribution in [2.75, 3.05) is 38.1 Å². The van der Waals surface area contributed by atoms with E-state index in [1.165, 1.54) is 6.42 Å². The molecule has 0 radical (unpaired) electrons. The molecule has 0 aromatic heterocycles. The Morgan fingerprint density at radius 3 is 2.62 bits per heavy atom. The van der Waals surface area contributed by atoms with Gasteiger partial charge in [-0.25, -0.2) is 0 Å². The van der Waals surface area contributed by atoms with Crippen LogP contribution in [0.15, 0.2) is 18.2 Å². The minimum atomic E-state index is -0.0767. The summed E-state index contributed by atoms with van der Waals surface area (Å²) in [6, 6.07) is 5.33. The van der Waals surface area contributed by atoms with Gasteiger partial charge in [0.25, 0.3) is 5.91 Å². The summed E-state index contributed by atoms with van der Waals surface area (Å²) >= 11 is 0. The molecule has 6 nitrogen and oxygen atoms in total. The molecule has 0 aliphatic carbocycles. The number of rotatable bonds is 6. The molecule has 1 atom stereocenters. The van der Waals surface area contributed by atoms with E-state index in [0.717, 1.165) is 39.0 Å². The summed E-state index contributed by atoms with van der Waals surface area (Å²) in [7, 11) is 0. The van der Waals surface area contributed by atoms with Gasteiger partial charge in [-0.2, -0.15) is 0 Å². The minimum absolute atomic E-state index is 0.0273. The number of hydrogen-bond acceptors (Lipinski definition) is 4. The summed E-state index contributed by atoms with van der Waals surface area (Å²) in [5, 5.41) is 6.18. The average Bonchev–Trinajstić information content (AvgIpc) is 2.62. The fourth-order valence-electron chi connectivity index (χ4n) is 3.45. The third-order valence-corrected chi connectivity index (χ3v) is 5.36. The van der Waals surface area contributed by atoms with Gasteiger partial charge >= 0.3 is 0 Å². The smallest absolute Gasteiger partial charge is 0.253 e. The van der Waals surface area contributed by atoms with Crippen LogP contribution in [0, 0.1) is 11.8 Å². The Kier molecular flexibility index (Phi) is 6.14. The number of nitrogens with one attached hydrogen (secondary N) is 2. The molecule has 1 aromatic carbocycles. The number of nitrogens with zero attached hydrogens (tertiary/aromatic N) is 1. The molecule has 0 bridgehead atoms. The highest BCUT2D eigenvalue weighted by Gasteiger charge is 2.29. The fourth-order valence-corrected chi connectivity index (χ4v) is 3.45. The molecular formula is C20H29N3O3. The second kappa shape index (κ2) is 8.54. The van der Waals surface area contributed by atoms with Gasteiger partial charge in [-0.3, -0.25) is 9.59 Å². The van der Waals surface area contributed by atoms with E-state index in [9.17, 15) is 9.59 Å². The summed E-state index contributed by atoms with van der Waals surface area (Å²) in [5.41, 5.74) is 1.18. The number of carbonyl (C=O) groups is 2. The first-order chi connectivity index (χ1) is 12.6. The van der Waals surface area contributed by atoms with Crippen molar-refractivity contribution in [3.05, 3.63) is 23.8 Å². The molecule has 0 saturated carbocycles. The van der Waals surface area contributed by atoms with Gasteiger partial charge in [-0.15, -0.1) is 0 Å². The van der Waals surface area contributed by atoms with Crippen LogP contribution >= 0.6 is 0 Å². The van der Waals surface area contributed by atoms with Crippen molar-refractivity contribution in [2.24, 2.45) is 11.8 Å². The van der Waals surface area contributed by atoms with Crippen molar-refractivity contribution < 1.29 is 14.3 Å². The Bertz CT molecular complexity index is 652. The third-order valence-electron chi connectivity index (χ3n) is 5.36. The third kappa shape index (κ3) is 4.18. The first-order valence-corrected chi connectivity index (χ1v) is 9.68.